The van der Waals surface area contributed by atoms with Gasteiger partial charge in [0.1, 0.15) is 0 Å². The maximum absolute atomic E-state index is 12.7. The fraction of sp³-hybridized carbons (Fsp3) is 0.579. The van der Waals surface area contributed by atoms with Crippen LogP contribution < -0.4 is 0 Å². The molecule has 124 valence electrons. The van der Waals surface area contributed by atoms with Crippen molar-refractivity contribution in [1.29, 1.82) is 0 Å². The number of benzene rings is 1. The molecule has 0 unspecified atom stereocenters. The average Bonchev–Trinajstić information content (AvgIpc) is 2.78. The Morgan fingerprint density at radius 2 is 1.74 bits per heavy atom. The minimum Gasteiger partial charge on any atom is -0.340 e. The minimum atomic E-state index is 0.160. The summed E-state index contributed by atoms with van der Waals surface area (Å²) in [6, 6.07) is 10.1. The molecule has 0 aromatic heterocycles. The van der Waals surface area contributed by atoms with Crippen molar-refractivity contribution in [2.45, 2.75) is 45.1 Å². The van der Waals surface area contributed by atoms with Crippen LogP contribution in [0.1, 0.15) is 44.1 Å². The highest BCUT2D eigenvalue weighted by molar-refractivity contribution is 5.81. The van der Waals surface area contributed by atoms with Gasteiger partial charge in [-0.2, -0.15) is 0 Å². The predicted octanol–water partition coefficient (Wildman–Crippen LogP) is 2.83. The minimum absolute atomic E-state index is 0.160. The van der Waals surface area contributed by atoms with Crippen molar-refractivity contribution in [3.05, 3.63) is 35.9 Å². The van der Waals surface area contributed by atoms with Crippen LogP contribution in [0.5, 0.6) is 0 Å². The SMILES string of the molecule is O=C1CCN(C(=O)C2CCCCC2)CCN1Cc1ccccc1. The fourth-order valence-corrected chi connectivity index (χ4v) is 3.67. The van der Waals surface area contributed by atoms with E-state index in [1.165, 1.54) is 19.3 Å². The molecule has 23 heavy (non-hydrogen) atoms. The first kappa shape index (κ1) is 16.0. The Morgan fingerprint density at radius 1 is 1.00 bits per heavy atom. The standard InChI is InChI=1S/C19H26N2O2/c22-18-11-12-20(19(23)17-9-5-2-6-10-17)13-14-21(18)15-16-7-3-1-4-8-16/h1,3-4,7-8,17H,2,5-6,9-15H2. The molecule has 1 aliphatic heterocycles. The van der Waals surface area contributed by atoms with E-state index < -0.39 is 0 Å². The van der Waals surface area contributed by atoms with Crippen LogP contribution in [0.2, 0.25) is 0 Å². The first-order valence-corrected chi connectivity index (χ1v) is 8.84. The molecule has 0 spiro atoms. The molecule has 2 fully saturated rings. The molecule has 1 aliphatic carbocycles. The number of carbonyl (C=O) groups excluding carboxylic acids is 2. The second-order valence-corrected chi connectivity index (χ2v) is 6.71. The van der Waals surface area contributed by atoms with Gasteiger partial charge in [0, 0.05) is 38.5 Å². The van der Waals surface area contributed by atoms with Gasteiger partial charge >= 0.3 is 0 Å². The van der Waals surface area contributed by atoms with Crippen molar-refractivity contribution in [3.63, 3.8) is 0 Å². The van der Waals surface area contributed by atoms with Gasteiger partial charge in [0.15, 0.2) is 0 Å². The summed E-state index contributed by atoms with van der Waals surface area (Å²) in [5.41, 5.74) is 1.15. The number of amides is 2. The number of hydrogen-bond donors (Lipinski definition) is 0. The van der Waals surface area contributed by atoms with Crippen LogP contribution in [0.25, 0.3) is 0 Å². The van der Waals surface area contributed by atoms with Gasteiger partial charge in [-0.05, 0) is 18.4 Å². The summed E-state index contributed by atoms with van der Waals surface area (Å²) in [5.74, 6) is 0.631. The van der Waals surface area contributed by atoms with Gasteiger partial charge in [-0.3, -0.25) is 9.59 Å². The quantitative estimate of drug-likeness (QED) is 0.861. The summed E-state index contributed by atoms with van der Waals surface area (Å²) >= 11 is 0. The summed E-state index contributed by atoms with van der Waals surface area (Å²) in [6.07, 6.45) is 6.10. The summed E-state index contributed by atoms with van der Waals surface area (Å²) in [6.45, 7) is 2.55. The van der Waals surface area contributed by atoms with Crippen molar-refractivity contribution in [1.82, 2.24) is 9.80 Å². The van der Waals surface area contributed by atoms with Gasteiger partial charge in [0.2, 0.25) is 11.8 Å². The fourth-order valence-electron chi connectivity index (χ4n) is 3.67. The second-order valence-electron chi connectivity index (χ2n) is 6.71. The number of nitrogens with zero attached hydrogens (tertiary/aromatic N) is 2. The molecule has 0 atom stereocenters. The second kappa shape index (κ2) is 7.62. The molecule has 1 saturated heterocycles. The van der Waals surface area contributed by atoms with Crippen molar-refractivity contribution in [3.8, 4) is 0 Å². The molecule has 4 heteroatoms. The van der Waals surface area contributed by atoms with Gasteiger partial charge in [0.05, 0.1) is 0 Å². The lowest BCUT2D eigenvalue weighted by atomic mass is 9.88. The van der Waals surface area contributed by atoms with E-state index in [1.54, 1.807) is 0 Å². The zero-order valence-electron chi connectivity index (χ0n) is 13.7. The van der Waals surface area contributed by atoms with Crippen LogP contribution >= 0.6 is 0 Å². The highest BCUT2D eigenvalue weighted by atomic mass is 16.2. The number of rotatable bonds is 3. The Balaban J connectivity index is 1.59. The zero-order valence-corrected chi connectivity index (χ0v) is 13.7. The summed E-state index contributed by atoms with van der Waals surface area (Å²) in [4.78, 5) is 28.8. The Labute approximate surface area is 138 Å². The molecule has 1 aromatic carbocycles. The third-order valence-corrected chi connectivity index (χ3v) is 5.07. The number of hydrogen-bond acceptors (Lipinski definition) is 2. The largest absolute Gasteiger partial charge is 0.340 e. The maximum atomic E-state index is 12.7. The maximum Gasteiger partial charge on any atom is 0.225 e. The highest BCUT2D eigenvalue weighted by Crippen LogP contribution is 2.26. The lowest BCUT2D eigenvalue weighted by Crippen LogP contribution is -2.39. The molecule has 1 aromatic rings. The molecule has 4 nitrogen and oxygen atoms in total. The first-order chi connectivity index (χ1) is 11.2. The molecule has 0 bridgehead atoms. The van der Waals surface area contributed by atoms with Crippen LogP contribution in [0.3, 0.4) is 0 Å². The average molecular weight is 314 g/mol. The normalized spacial score (nSPS) is 20.4. The van der Waals surface area contributed by atoms with Crippen molar-refractivity contribution in [2.24, 2.45) is 5.92 Å². The van der Waals surface area contributed by atoms with E-state index in [4.69, 9.17) is 0 Å². The van der Waals surface area contributed by atoms with E-state index >= 15 is 0 Å². The highest BCUT2D eigenvalue weighted by Gasteiger charge is 2.29. The van der Waals surface area contributed by atoms with Gasteiger partial charge in [0.25, 0.3) is 0 Å². The molecule has 2 aliphatic rings. The molecular formula is C19H26N2O2. The van der Waals surface area contributed by atoms with E-state index in [2.05, 4.69) is 0 Å². The molecule has 1 heterocycles. The Kier molecular flexibility index (Phi) is 5.31. The monoisotopic (exact) mass is 314 g/mol. The van der Waals surface area contributed by atoms with E-state index in [1.807, 2.05) is 40.1 Å². The predicted molar refractivity (Wildman–Crippen MR) is 89.6 cm³/mol. The van der Waals surface area contributed by atoms with E-state index in [0.717, 1.165) is 18.4 Å². The Morgan fingerprint density at radius 3 is 2.48 bits per heavy atom. The summed E-state index contributed by atoms with van der Waals surface area (Å²) < 4.78 is 0. The molecular weight excluding hydrogens is 288 g/mol. The summed E-state index contributed by atoms with van der Waals surface area (Å²) in [5, 5.41) is 0. The molecule has 2 amide bonds. The van der Waals surface area contributed by atoms with Gasteiger partial charge in [-0.25, -0.2) is 0 Å². The van der Waals surface area contributed by atoms with E-state index in [-0.39, 0.29) is 17.7 Å². The van der Waals surface area contributed by atoms with Crippen molar-refractivity contribution < 1.29 is 9.59 Å². The molecule has 0 radical (unpaired) electrons. The van der Waals surface area contributed by atoms with Crippen LogP contribution in [0.15, 0.2) is 30.3 Å². The Hall–Kier alpha value is -1.84. The van der Waals surface area contributed by atoms with Crippen LogP contribution in [0.4, 0.5) is 0 Å². The Bertz CT molecular complexity index is 538. The molecule has 1 saturated carbocycles. The first-order valence-electron chi connectivity index (χ1n) is 8.84. The third kappa shape index (κ3) is 4.12. The van der Waals surface area contributed by atoms with Crippen LogP contribution in [-0.4, -0.2) is 41.2 Å². The van der Waals surface area contributed by atoms with Crippen molar-refractivity contribution in [2.75, 3.05) is 19.6 Å². The lowest BCUT2D eigenvalue weighted by Gasteiger charge is -2.28. The third-order valence-electron chi connectivity index (χ3n) is 5.07. The van der Waals surface area contributed by atoms with Crippen molar-refractivity contribution >= 4 is 11.8 Å². The smallest absolute Gasteiger partial charge is 0.225 e. The van der Waals surface area contributed by atoms with Crippen LogP contribution in [-0.2, 0) is 16.1 Å². The topological polar surface area (TPSA) is 40.6 Å². The van der Waals surface area contributed by atoms with Gasteiger partial charge in [-0.1, -0.05) is 49.6 Å². The van der Waals surface area contributed by atoms with Gasteiger partial charge < -0.3 is 9.80 Å². The molecule has 0 N–H and O–H groups in total. The van der Waals surface area contributed by atoms with E-state index in [0.29, 0.717) is 32.6 Å². The lowest BCUT2D eigenvalue weighted by molar-refractivity contribution is -0.136. The number of carbonyl (C=O) groups is 2. The van der Waals surface area contributed by atoms with Gasteiger partial charge in [-0.15, -0.1) is 0 Å². The van der Waals surface area contributed by atoms with E-state index in [9.17, 15) is 9.59 Å². The zero-order chi connectivity index (χ0) is 16.1. The molecule has 3 rings (SSSR count). The summed E-state index contributed by atoms with van der Waals surface area (Å²) in [7, 11) is 0. The van der Waals surface area contributed by atoms with Crippen LogP contribution in [0, 0.1) is 5.92 Å².